The summed E-state index contributed by atoms with van der Waals surface area (Å²) in [6.07, 6.45) is 1.75. The lowest BCUT2D eigenvalue weighted by Crippen LogP contribution is -2.23. The molecule has 0 bridgehead atoms. The highest BCUT2D eigenvalue weighted by atomic mass is 19.1. The Labute approximate surface area is 156 Å². The maximum Gasteiger partial charge on any atom is 0.251 e. The number of carbonyl (C=O) groups excluding carboxylic acids is 1. The molecule has 0 saturated heterocycles. The number of imidazole rings is 1. The zero-order valence-electron chi connectivity index (χ0n) is 14.8. The van der Waals surface area contributed by atoms with Crippen LogP contribution in [0.4, 0.5) is 4.39 Å². The van der Waals surface area contributed by atoms with E-state index in [0.29, 0.717) is 11.1 Å². The number of aryl methyl sites for hydroxylation is 1. The Hall–Kier alpha value is -3.47. The number of nitrogens with zero attached hydrogens (tertiary/aromatic N) is 2. The van der Waals surface area contributed by atoms with Crippen LogP contribution < -0.4 is 5.32 Å². The van der Waals surface area contributed by atoms with E-state index in [1.165, 1.54) is 11.6 Å². The number of fused-ring (bicyclic) bond motifs is 1. The number of halogens is 1. The third-order valence-electron chi connectivity index (χ3n) is 4.49. The Morgan fingerprint density at radius 3 is 2.74 bits per heavy atom. The van der Waals surface area contributed by atoms with Gasteiger partial charge in [-0.3, -0.25) is 9.36 Å². The highest BCUT2D eigenvalue weighted by Gasteiger charge is 2.11. The molecule has 1 N–H and O–H groups in total. The van der Waals surface area contributed by atoms with Crippen LogP contribution in [-0.4, -0.2) is 15.5 Å². The van der Waals surface area contributed by atoms with Gasteiger partial charge in [0.1, 0.15) is 12.1 Å². The molecule has 1 heterocycles. The smallest absolute Gasteiger partial charge is 0.251 e. The molecule has 0 fully saturated rings. The molecule has 0 spiro atoms. The summed E-state index contributed by atoms with van der Waals surface area (Å²) in [4.78, 5) is 16.8. The third-order valence-corrected chi connectivity index (χ3v) is 4.49. The van der Waals surface area contributed by atoms with Crippen LogP contribution >= 0.6 is 0 Å². The van der Waals surface area contributed by atoms with Crippen molar-refractivity contribution in [3.63, 3.8) is 0 Å². The Bertz CT molecular complexity index is 1130. The average Bonchev–Trinajstić information content (AvgIpc) is 3.10. The Balaban J connectivity index is 1.57. The standard InChI is InChI=1S/C22H18FN3O/c1-15-5-4-7-18(11-15)26-14-25-20-12-16(9-10-21(20)26)22(27)24-13-17-6-2-3-8-19(17)23/h2-12,14H,13H2,1H3,(H,24,27). The molecule has 0 saturated carbocycles. The monoisotopic (exact) mass is 359 g/mol. The number of benzene rings is 3. The van der Waals surface area contributed by atoms with Crippen LogP contribution in [0.1, 0.15) is 21.5 Å². The summed E-state index contributed by atoms with van der Waals surface area (Å²) >= 11 is 0. The minimum atomic E-state index is -0.329. The van der Waals surface area contributed by atoms with Crippen molar-refractivity contribution in [2.45, 2.75) is 13.5 Å². The van der Waals surface area contributed by atoms with Gasteiger partial charge in [0.05, 0.1) is 11.0 Å². The number of hydrogen-bond acceptors (Lipinski definition) is 2. The van der Waals surface area contributed by atoms with Crippen molar-refractivity contribution in [2.75, 3.05) is 0 Å². The van der Waals surface area contributed by atoms with E-state index >= 15 is 0 Å². The minimum Gasteiger partial charge on any atom is -0.348 e. The molecule has 5 heteroatoms. The number of amides is 1. The van der Waals surface area contributed by atoms with Crippen molar-refractivity contribution >= 4 is 16.9 Å². The van der Waals surface area contributed by atoms with Gasteiger partial charge in [-0.25, -0.2) is 9.37 Å². The van der Waals surface area contributed by atoms with Gasteiger partial charge in [-0.05, 0) is 48.9 Å². The first-order valence-corrected chi connectivity index (χ1v) is 8.67. The van der Waals surface area contributed by atoms with E-state index in [1.807, 2.05) is 35.8 Å². The second-order valence-corrected chi connectivity index (χ2v) is 6.43. The van der Waals surface area contributed by atoms with Gasteiger partial charge in [-0.2, -0.15) is 0 Å². The first-order chi connectivity index (χ1) is 13.1. The van der Waals surface area contributed by atoms with Crippen LogP contribution in [0, 0.1) is 12.7 Å². The fraction of sp³-hybridized carbons (Fsp3) is 0.0909. The molecule has 3 aromatic carbocycles. The molecule has 134 valence electrons. The molecule has 0 aliphatic rings. The summed E-state index contributed by atoms with van der Waals surface area (Å²) in [7, 11) is 0. The summed E-state index contributed by atoms with van der Waals surface area (Å²) in [6.45, 7) is 2.18. The predicted octanol–water partition coefficient (Wildman–Crippen LogP) is 4.40. The van der Waals surface area contributed by atoms with E-state index < -0.39 is 0 Å². The van der Waals surface area contributed by atoms with Crippen molar-refractivity contribution in [1.82, 2.24) is 14.9 Å². The summed E-state index contributed by atoms with van der Waals surface area (Å²) in [5.41, 5.74) is 4.79. The normalized spacial score (nSPS) is 10.9. The molecule has 0 aliphatic heterocycles. The van der Waals surface area contributed by atoms with Gasteiger partial charge < -0.3 is 5.32 Å². The highest BCUT2D eigenvalue weighted by Crippen LogP contribution is 2.20. The van der Waals surface area contributed by atoms with Crippen LogP contribution in [0.25, 0.3) is 16.7 Å². The maximum atomic E-state index is 13.7. The fourth-order valence-corrected chi connectivity index (χ4v) is 3.06. The van der Waals surface area contributed by atoms with E-state index in [2.05, 4.69) is 16.4 Å². The number of hydrogen-bond donors (Lipinski definition) is 1. The molecular formula is C22H18FN3O. The minimum absolute atomic E-state index is 0.140. The maximum absolute atomic E-state index is 13.7. The molecule has 1 amide bonds. The van der Waals surface area contributed by atoms with E-state index in [9.17, 15) is 9.18 Å². The Morgan fingerprint density at radius 1 is 1.07 bits per heavy atom. The number of aromatic nitrogens is 2. The fourth-order valence-electron chi connectivity index (χ4n) is 3.06. The summed E-state index contributed by atoms with van der Waals surface area (Å²) in [5, 5.41) is 2.75. The van der Waals surface area contributed by atoms with Crippen molar-refractivity contribution in [3.8, 4) is 5.69 Å². The predicted molar refractivity (Wildman–Crippen MR) is 103 cm³/mol. The van der Waals surface area contributed by atoms with E-state index in [0.717, 1.165) is 16.7 Å². The number of rotatable bonds is 4. The van der Waals surface area contributed by atoms with Crippen LogP contribution in [0.15, 0.2) is 73.1 Å². The molecule has 0 aliphatic carbocycles. The molecule has 4 nitrogen and oxygen atoms in total. The average molecular weight is 359 g/mol. The lowest BCUT2D eigenvalue weighted by molar-refractivity contribution is 0.0950. The van der Waals surface area contributed by atoms with Gasteiger partial charge >= 0.3 is 0 Å². The van der Waals surface area contributed by atoms with Gasteiger partial charge in [0.25, 0.3) is 5.91 Å². The van der Waals surface area contributed by atoms with Gasteiger partial charge in [-0.15, -0.1) is 0 Å². The summed E-state index contributed by atoms with van der Waals surface area (Å²) in [5.74, 6) is -0.588. The molecule has 0 atom stereocenters. The first-order valence-electron chi connectivity index (χ1n) is 8.67. The highest BCUT2D eigenvalue weighted by molar-refractivity contribution is 5.97. The van der Waals surface area contributed by atoms with Gasteiger partial charge in [0.15, 0.2) is 0 Å². The quantitative estimate of drug-likeness (QED) is 0.587. The molecule has 0 radical (unpaired) electrons. The number of nitrogens with one attached hydrogen (secondary N) is 1. The second-order valence-electron chi connectivity index (χ2n) is 6.43. The first kappa shape index (κ1) is 17.0. The SMILES string of the molecule is Cc1cccc(-n2cnc3cc(C(=O)NCc4ccccc4F)ccc32)c1. The van der Waals surface area contributed by atoms with Crippen LogP contribution in [-0.2, 0) is 6.54 Å². The van der Waals surface area contributed by atoms with Crippen LogP contribution in [0.5, 0.6) is 0 Å². The van der Waals surface area contributed by atoms with Crippen LogP contribution in [0.2, 0.25) is 0 Å². The molecule has 4 rings (SSSR count). The Morgan fingerprint density at radius 2 is 1.93 bits per heavy atom. The van der Waals surface area contributed by atoms with Crippen LogP contribution in [0.3, 0.4) is 0 Å². The topological polar surface area (TPSA) is 46.9 Å². The molecule has 0 unspecified atom stereocenters. The van der Waals surface area contributed by atoms with Crippen molar-refractivity contribution in [3.05, 3.63) is 95.6 Å². The number of carbonyl (C=O) groups is 1. The lowest BCUT2D eigenvalue weighted by Gasteiger charge is -2.08. The van der Waals surface area contributed by atoms with E-state index in [-0.39, 0.29) is 18.3 Å². The zero-order valence-corrected chi connectivity index (χ0v) is 14.8. The van der Waals surface area contributed by atoms with Crippen molar-refractivity contribution in [2.24, 2.45) is 0 Å². The summed E-state index contributed by atoms with van der Waals surface area (Å²) < 4.78 is 15.7. The zero-order chi connectivity index (χ0) is 18.8. The second kappa shape index (κ2) is 7.03. The molecule has 1 aromatic heterocycles. The van der Waals surface area contributed by atoms with Gasteiger partial charge in [0.2, 0.25) is 0 Å². The van der Waals surface area contributed by atoms with Crippen molar-refractivity contribution in [1.29, 1.82) is 0 Å². The molecule has 4 aromatic rings. The lowest BCUT2D eigenvalue weighted by atomic mass is 10.1. The van der Waals surface area contributed by atoms with E-state index in [4.69, 9.17) is 0 Å². The van der Waals surface area contributed by atoms with E-state index in [1.54, 1.807) is 36.7 Å². The largest absolute Gasteiger partial charge is 0.348 e. The molecular weight excluding hydrogens is 341 g/mol. The van der Waals surface area contributed by atoms with Gasteiger partial charge in [0, 0.05) is 23.4 Å². The molecule has 27 heavy (non-hydrogen) atoms. The third kappa shape index (κ3) is 3.44. The summed E-state index contributed by atoms with van der Waals surface area (Å²) in [6, 6.07) is 19.9. The van der Waals surface area contributed by atoms with Gasteiger partial charge in [-0.1, -0.05) is 30.3 Å². The Kier molecular flexibility index (Phi) is 4.42. The van der Waals surface area contributed by atoms with Crippen molar-refractivity contribution < 1.29 is 9.18 Å².